The average molecular weight is 318 g/mol. The van der Waals surface area contributed by atoms with Crippen molar-refractivity contribution in [2.24, 2.45) is 0 Å². The largest absolute Gasteiger partial charge is 0.433 e. The smallest absolute Gasteiger partial charge is 0.395 e. The summed E-state index contributed by atoms with van der Waals surface area (Å²) in [5.41, 5.74) is -0.722. The van der Waals surface area contributed by atoms with Gasteiger partial charge >= 0.3 is 6.18 Å². The molecule has 0 unspecified atom stereocenters. The highest BCUT2D eigenvalue weighted by molar-refractivity contribution is 5.36. The molecule has 0 spiro atoms. The minimum atomic E-state index is -4.48. The van der Waals surface area contributed by atoms with Crippen molar-refractivity contribution < 1.29 is 18.3 Å². The minimum absolute atomic E-state index is 0.0812. The van der Waals surface area contributed by atoms with Crippen molar-refractivity contribution in [1.29, 1.82) is 0 Å². The summed E-state index contributed by atoms with van der Waals surface area (Å²) in [6, 6.07) is 0. The van der Waals surface area contributed by atoms with Crippen LogP contribution in [0, 0.1) is 0 Å². The van der Waals surface area contributed by atoms with Crippen molar-refractivity contribution in [2.45, 2.75) is 25.9 Å². The number of aliphatic hydroxyl groups is 1. The van der Waals surface area contributed by atoms with E-state index < -0.39 is 11.9 Å². The maximum atomic E-state index is 13.2. The second-order valence-corrected chi connectivity index (χ2v) is 5.68. The molecule has 124 valence electrons. The van der Waals surface area contributed by atoms with Crippen LogP contribution < -0.4 is 4.90 Å². The molecule has 1 aliphatic rings. The van der Waals surface area contributed by atoms with Crippen LogP contribution in [0.2, 0.25) is 0 Å². The first kappa shape index (κ1) is 17.0. The summed E-state index contributed by atoms with van der Waals surface area (Å²) in [6.07, 6.45) is -3.19. The average Bonchev–Trinajstić information content (AvgIpc) is 2.47. The fourth-order valence-corrected chi connectivity index (χ4v) is 2.50. The van der Waals surface area contributed by atoms with Gasteiger partial charge in [0, 0.05) is 44.5 Å². The zero-order valence-corrected chi connectivity index (χ0v) is 12.8. The van der Waals surface area contributed by atoms with Crippen molar-refractivity contribution in [2.75, 3.05) is 44.2 Å². The van der Waals surface area contributed by atoms with Gasteiger partial charge in [0.05, 0.1) is 6.61 Å². The van der Waals surface area contributed by atoms with E-state index in [0.29, 0.717) is 32.7 Å². The van der Waals surface area contributed by atoms with E-state index in [1.165, 1.54) is 6.20 Å². The highest BCUT2D eigenvalue weighted by atomic mass is 19.4. The first-order valence-electron chi connectivity index (χ1n) is 7.35. The van der Waals surface area contributed by atoms with Gasteiger partial charge in [0.2, 0.25) is 5.95 Å². The summed E-state index contributed by atoms with van der Waals surface area (Å²) in [5.74, 6) is -0.160. The highest BCUT2D eigenvalue weighted by Crippen LogP contribution is 2.34. The molecule has 1 aromatic rings. The zero-order chi connectivity index (χ0) is 16.3. The monoisotopic (exact) mass is 318 g/mol. The van der Waals surface area contributed by atoms with Crippen LogP contribution in [0.3, 0.4) is 0 Å². The van der Waals surface area contributed by atoms with E-state index in [4.69, 9.17) is 5.11 Å². The number of hydrogen-bond acceptors (Lipinski definition) is 5. The molecular formula is C14H21F3N4O. The molecule has 5 nitrogen and oxygen atoms in total. The third-order valence-electron chi connectivity index (χ3n) is 3.77. The van der Waals surface area contributed by atoms with Gasteiger partial charge in [-0.1, -0.05) is 13.8 Å². The van der Waals surface area contributed by atoms with Gasteiger partial charge in [-0.3, -0.25) is 4.90 Å². The number of rotatable bonds is 4. The van der Waals surface area contributed by atoms with Crippen molar-refractivity contribution >= 4 is 5.95 Å². The lowest BCUT2D eigenvalue weighted by atomic mass is 10.0. The summed E-state index contributed by atoms with van der Waals surface area (Å²) in [7, 11) is 0. The number of alkyl halides is 3. The number of hydrogen-bond donors (Lipinski definition) is 1. The van der Waals surface area contributed by atoms with E-state index >= 15 is 0 Å². The van der Waals surface area contributed by atoms with Gasteiger partial charge in [0.1, 0.15) is 0 Å². The number of anilines is 1. The Morgan fingerprint density at radius 2 is 1.86 bits per heavy atom. The normalized spacial score (nSPS) is 17.3. The van der Waals surface area contributed by atoms with Gasteiger partial charge in [-0.05, 0) is 5.92 Å². The molecule has 0 aliphatic carbocycles. The fraction of sp³-hybridized carbons (Fsp3) is 0.714. The van der Waals surface area contributed by atoms with Crippen molar-refractivity contribution in [3.05, 3.63) is 17.5 Å². The molecule has 1 N–H and O–H groups in total. The Morgan fingerprint density at radius 3 is 2.36 bits per heavy atom. The predicted octanol–water partition coefficient (Wildman–Crippen LogP) is 1.73. The molecule has 0 amide bonds. The van der Waals surface area contributed by atoms with E-state index in [1.54, 1.807) is 18.7 Å². The van der Waals surface area contributed by atoms with Crippen molar-refractivity contribution in [3.63, 3.8) is 0 Å². The molecule has 0 saturated carbocycles. The molecule has 1 aliphatic heterocycles. The Balaban J connectivity index is 2.19. The van der Waals surface area contributed by atoms with Crippen LogP contribution in [0.25, 0.3) is 0 Å². The molecule has 0 bridgehead atoms. The Morgan fingerprint density at radius 1 is 1.23 bits per heavy atom. The molecule has 1 saturated heterocycles. The van der Waals surface area contributed by atoms with E-state index in [2.05, 4.69) is 14.9 Å². The second-order valence-electron chi connectivity index (χ2n) is 5.68. The van der Waals surface area contributed by atoms with Gasteiger partial charge in [-0.15, -0.1) is 0 Å². The van der Waals surface area contributed by atoms with Gasteiger partial charge in [0.25, 0.3) is 0 Å². The van der Waals surface area contributed by atoms with E-state index in [0.717, 1.165) is 0 Å². The number of β-amino-alcohol motifs (C(OH)–C–C–N with tert-alkyl or cyclic N) is 1. The topological polar surface area (TPSA) is 52.5 Å². The van der Waals surface area contributed by atoms with Gasteiger partial charge in [-0.25, -0.2) is 9.97 Å². The van der Waals surface area contributed by atoms with Gasteiger partial charge in [-0.2, -0.15) is 13.2 Å². The molecule has 0 aromatic carbocycles. The minimum Gasteiger partial charge on any atom is -0.395 e. The Bertz CT molecular complexity index is 499. The molecule has 1 aromatic heterocycles. The Hall–Kier alpha value is -1.41. The maximum absolute atomic E-state index is 13.2. The molecule has 8 heteroatoms. The molecule has 0 atom stereocenters. The number of nitrogens with zero attached hydrogens (tertiary/aromatic N) is 4. The van der Waals surface area contributed by atoms with Crippen molar-refractivity contribution in [1.82, 2.24) is 14.9 Å². The third-order valence-corrected chi connectivity index (χ3v) is 3.77. The Kier molecular flexibility index (Phi) is 5.23. The number of piperazine rings is 1. The molecular weight excluding hydrogens is 297 g/mol. The maximum Gasteiger partial charge on any atom is 0.433 e. The molecule has 2 rings (SSSR count). The lowest BCUT2D eigenvalue weighted by Crippen LogP contribution is -2.47. The molecule has 2 heterocycles. The first-order valence-corrected chi connectivity index (χ1v) is 7.35. The van der Waals surface area contributed by atoms with Crippen LogP contribution >= 0.6 is 0 Å². The number of halogens is 3. The van der Waals surface area contributed by atoms with Gasteiger partial charge in [0.15, 0.2) is 5.69 Å². The molecule has 22 heavy (non-hydrogen) atoms. The van der Waals surface area contributed by atoms with E-state index in [-0.39, 0.29) is 24.0 Å². The predicted molar refractivity (Wildman–Crippen MR) is 76.9 cm³/mol. The van der Waals surface area contributed by atoms with Gasteiger partial charge < -0.3 is 10.0 Å². The van der Waals surface area contributed by atoms with Crippen LogP contribution in [-0.2, 0) is 6.18 Å². The number of aromatic nitrogens is 2. The van der Waals surface area contributed by atoms with E-state index in [1.807, 2.05) is 0 Å². The Labute approximate surface area is 127 Å². The summed E-state index contributed by atoms with van der Waals surface area (Å²) in [5, 5.41) is 8.90. The summed E-state index contributed by atoms with van der Waals surface area (Å²) < 4.78 is 39.5. The van der Waals surface area contributed by atoms with Crippen LogP contribution in [0.5, 0.6) is 0 Å². The first-order chi connectivity index (χ1) is 10.3. The summed E-state index contributed by atoms with van der Waals surface area (Å²) in [4.78, 5) is 11.7. The third kappa shape index (κ3) is 3.86. The lowest BCUT2D eigenvalue weighted by molar-refractivity contribution is -0.142. The molecule has 0 radical (unpaired) electrons. The second kappa shape index (κ2) is 6.78. The quantitative estimate of drug-likeness (QED) is 0.916. The molecule has 1 fully saturated rings. The number of aliphatic hydroxyl groups excluding tert-OH is 1. The van der Waals surface area contributed by atoms with Crippen LogP contribution in [0.1, 0.15) is 31.0 Å². The van der Waals surface area contributed by atoms with Crippen LogP contribution in [0.15, 0.2) is 6.20 Å². The standard InChI is InChI=1S/C14H21F3N4O/c1-10(2)11-9-18-13(19-12(11)14(15,16)17)21-5-3-20(4-6-21)7-8-22/h9-10,22H,3-8H2,1-2H3. The SMILES string of the molecule is CC(C)c1cnc(N2CCN(CCO)CC2)nc1C(F)(F)F. The van der Waals surface area contributed by atoms with Crippen LogP contribution in [0.4, 0.5) is 19.1 Å². The summed E-state index contributed by atoms with van der Waals surface area (Å²) >= 11 is 0. The van der Waals surface area contributed by atoms with Crippen LogP contribution in [-0.4, -0.2) is 59.3 Å². The zero-order valence-electron chi connectivity index (χ0n) is 12.8. The fourth-order valence-electron chi connectivity index (χ4n) is 2.50. The summed E-state index contributed by atoms with van der Waals surface area (Å²) in [6.45, 7) is 6.51. The van der Waals surface area contributed by atoms with E-state index in [9.17, 15) is 13.2 Å². The van der Waals surface area contributed by atoms with Crippen molar-refractivity contribution in [3.8, 4) is 0 Å². The lowest BCUT2D eigenvalue weighted by Gasteiger charge is -2.34. The highest BCUT2D eigenvalue weighted by Gasteiger charge is 2.37.